The normalized spacial score (nSPS) is 37.4. The van der Waals surface area contributed by atoms with Crippen LogP contribution in [-0.4, -0.2) is 0 Å². The Bertz CT molecular complexity index is 328. The van der Waals surface area contributed by atoms with Gasteiger partial charge in [0.15, 0.2) is 0 Å². The van der Waals surface area contributed by atoms with Gasteiger partial charge in [0.1, 0.15) is 0 Å². The molecule has 1 saturated carbocycles. The number of allylic oxidation sites excluding steroid dienone is 5. The second-order valence-corrected chi connectivity index (χ2v) is 5.60. The lowest BCUT2D eigenvalue weighted by Crippen LogP contribution is -2.23. The van der Waals surface area contributed by atoms with Crippen molar-refractivity contribution in [2.24, 2.45) is 17.3 Å². The van der Waals surface area contributed by atoms with Gasteiger partial charge in [0.05, 0.1) is 0 Å². The zero-order valence-corrected chi connectivity index (χ0v) is 10.2. The van der Waals surface area contributed by atoms with Gasteiger partial charge in [-0.05, 0) is 50.4 Å². The summed E-state index contributed by atoms with van der Waals surface area (Å²) in [6.45, 7) is 11.1. The average Bonchev–Trinajstić information content (AvgIpc) is 2.70. The number of rotatable bonds is 3. The van der Waals surface area contributed by atoms with E-state index in [-0.39, 0.29) is 0 Å². The molecular formula is C15H22. The van der Waals surface area contributed by atoms with Crippen LogP contribution in [0.1, 0.15) is 40.0 Å². The van der Waals surface area contributed by atoms with Crippen LogP contribution in [-0.2, 0) is 0 Å². The van der Waals surface area contributed by atoms with Gasteiger partial charge in [0.2, 0.25) is 0 Å². The molecule has 0 radical (unpaired) electrons. The molecule has 3 unspecified atom stereocenters. The molecule has 0 aliphatic heterocycles. The largest absolute Gasteiger partial charge is 0.0987 e. The van der Waals surface area contributed by atoms with Gasteiger partial charge in [-0.1, -0.05) is 42.9 Å². The molecule has 15 heavy (non-hydrogen) atoms. The molecule has 0 nitrogen and oxygen atoms in total. The van der Waals surface area contributed by atoms with Crippen LogP contribution < -0.4 is 0 Å². The zero-order valence-electron chi connectivity index (χ0n) is 10.2. The quantitative estimate of drug-likeness (QED) is 0.591. The van der Waals surface area contributed by atoms with Crippen LogP contribution in [0.4, 0.5) is 0 Å². The van der Waals surface area contributed by atoms with E-state index in [1.165, 1.54) is 30.4 Å². The molecule has 0 heteroatoms. The zero-order chi connectivity index (χ0) is 11.1. The number of fused-ring (bicyclic) bond motifs is 2. The van der Waals surface area contributed by atoms with Crippen LogP contribution in [0.3, 0.4) is 0 Å². The van der Waals surface area contributed by atoms with Crippen molar-refractivity contribution in [2.45, 2.75) is 40.0 Å². The van der Waals surface area contributed by atoms with Gasteiger partial charge in [-0.15, -0.1) is 0 Å². The fraction of sp³-hybridized carbons (Fsp3) is 0.600. The van der Waals surface area contributed by atoms with E-state index < -0.39 is 0 Å². The first-order valence-electron chi connectivity index (χ1n) is 6.05. The van der Waals surface area contributed by atoms with Crippen molar-refractivity contribution >= 4 is 0 Å². The summed E-state index contributed by atoms with van der Waals surface area (Å²) in [4.78, 5) is 0. The first kappa shape index (κ1) is 10.7. The maximum atomic E-state index is 4.32. The summed E-state index contributed by atoms with van der Waals surface area (Å²) in [5.74, 6) is 1.45. The fourth-order valence-electron chi connectivity index (χ4n) is 3.10. The molecule has 3 atom stereocenters. The Kier molecular flexibility index (Phi) is 2.62. The maximum absolute atomic E-state index is 4.32. The highest BCUT2D eigenvalue weighted by molar-refractivity contribution is 5.33. The molecule has 2 aliphatic rings. The van der Waals surface area contributed by atoms with Gasteiger partial charge >= 0.3 is 0 Å². The van der Waals surface area contributed by atoms with E-state index >= 15 is 0 Å². The van der Waals surface area contributed by atoms with Crippen molar-refractivity contribution in [1.82, 2.24) is 0 Å². The number of hydrogen-bond donors (Lipinski definition) is 0. The monoisotopic (exact) mass is 202 g/mol. The summed E-state index contributed by atoms with van der Waals surface area (Å²) >= 11 is 0. The van der Waals surface area contributed by atoms with Gasteiger partial charge < -0.3 is 0 Å². The molecule has 0 amide bonds. The Labute approximate surface area is 93.8 Å². The van der Waals surface area contributed by atoms with Crippen LogP contribution in [0.15, 0.2) is 36.0 Å². The molecule has 82 valence electrons. The van der Waals surface area contributed by atoms with E-state index in [1.807, 2.05) is 0 Å². The summed E-state index contributed by atoms with van der Waals surface area (Å²) in [5, 5.41) is 0. The third-order valence-electron chi connectivity index (χ3n) is 4.30. The van der Waals surface area contributed by atoms with Crippen LogP contribution in [0.25, 0.3) is 0 Å². The Morgan fingerprint density at radius 2 is 2.27 bits per heavy atom. The van der Waals surface area contributed by atoms with Crippen LogP contribution in [0.5, 0.6) is 0 Å². The first-order valence-corrected chi connectivity index (χ1v) is 6.05. The van der Waals surface area contributed by atoms with Gasteiger partial charge in [-0.3, -0.25) is 0 Å². The minimum atomic E-state index is 0.380. The SMILES string of the molecule is C=C1C2C=CC(C2)C1(C)CCC=C(C)C. The minimum absolute atomic E-state index is 0.380. The van der Waals surface area contributed by atoms with Crippen molar-refractivity contribution < 1.29 is 0 Å². The highest BCUT2D eigenvalue weighted by Gasteiger charge is 2.47. The highest BCUT2D eigenvalue weighted by Crippen LogP contribution is 2.57. The van der Waals surface area contributed by atoms with E-state index in [0.717, 1.165) is 5.92 Å². The van der Waals surface area contributed by atoms with Crippen molar-refractivity contribution in [1.29, 1.82) is 0 Å². The Hall–Kier alpha value is -0.780. The van der Waals surface area contributed by atoms with E-state index in [0.29, 0.717) is 11.3 Å². The predicted molar refractivity (Wildman–Crippen MR) is 66.6 cm³/mol. The molecular weight excluding hydrogens is 180 g/mol. The summed E-state index contributed by atoms with van der Waals surface area (Å²) < 4.78 is 0. The average molecular weight is 202 g/mol. The lowest BCUT2D eigenvalue weighted by atomic mass is 9.71. The second kappa shape index (κ2) is 3.66. The molecule has 0 aromatic carbocycles. The van der Waals surface area contributed by atoms with Gasteiger partial charge in [0.25, 0.3) is 0 Å². The molecule has 1 fully saturated rings. The third-order valence-corrected chi connectivity index (χ3v) is 4.30. The van der Waals surface area contributed by atoms with Crippen molar-refractivity contribution in [3.05, 3.63) is 36.0 Å². The topological polar surface area (TPSA) is 0 Å². The van der Waals surface area contributed by atoms with E-state index in [9.17, 15) is 0 Å². The first-order chi connectivity index (χ1) is 7.04. The molecule has 0 saturated heterocycles. The van der Waals surface area contributed by atoms with Crippen LogP contribution in [0.2, 0.25) is 0 Å². The van der Waals surface area contributed by atoms with Gasteiger partial charge in [-0.2, -0.15) is 0 Å². The Balaban J connectivity index is 2.05. The predicted octanol–water partition coefficient (Wildman–Crippen LogP) is 4.50. The third kappa shape index (κ3) is 1.71. The fourth-order valence-corrected chi connectivity index (χ4v) is 3.10. The molecule has 2 bridgehead atoms. The Morgan fingerprint density at radius 3 is 2.80 bits per heavy atom. The van der Waals surface area contributed by atoms with Gasteiger partial charge in [0, 0.05) is 0 Å². The highest BCUT2D eigenvalue weighted by atomic mass is 14.5. The second-order valence-electron chi connectivity index (χ2n) is 5.60. The smallest absolute Gasteiger partial charge is 0.00143 e. The summed E-state index contributed by atoms with van der Waals surface area (Å²) in [6.07, 6.45) is 10.9. The lowest BCUT2D eigenvalue weighted by molar-refractivity contribution is 0.306. The standard InChI is InChI=1S/C15H22/c1-11(2)6-5-9-15(4)12(3)13-7-8-14(15)10-13/h6-8,13-14H,3,5,9-10H2,1-2,4H3. The molecule has 2 aliphatic carbocycles. The molecule has 2 rings (SSSR count). The van der Waals surface area contributed by atoms with E-state index in [1.54, 1.807) is 0 Å². The summed E-state index contributed by atoms with van der Waals surface area (Å²) in [6, 6.07) is 0. The summed E-state index contributed by atoms with van der Waals surface area (Å²) in [5.41, 5.74) is 3.30. The van der Waals surface area contributed by atoms with Crippen molar-refractivity contribution in [3.63, 3.8) is 0 Å². The summed E-state index contributed by atoms with van der Waals surface area (Å²) in [7, 11) is 0. The molecule has 0 aromatic heterocycles. The lowest BCUT2D eigenvalue weighted by Gasteiger charge is -2.33. The van der Waals surface area contributed by atoms with Crippen molar-refractivity contribution in [2.75, 3.05) is 0 Å². The van der Waals surface area contributed by atoms with Crippen molar-refractivity contribution in [3.8, 4) is 0 Å². The molecule has 0 N–H and O–H groups in total. The molecule has 0 spiro atoms. The van der Waals surface area contributed by atoms with Crippen LogP contribution in [0, 0.1) is 17.3 Å². The molecule has 0 aromatic rings. The van der Waals surface area contributed by atoms with E-state index in [2.05, 4.69) is 45.6 Å². The van der Waals surface area contributed by atoms with Gasteiger partial charge in [-0.25, -0.2) is 0 Å². The maximum Gasteiger partial charge on any atom is -0.00143 e. The molecule has 0 heterocycles. The van der Waals surface area contributed by atoms with E-state index in [4.69, 9.17) is 0 Å². The number of hydrogen-bond acceptors (Lipinski definition) is 0. The van der Waals surface area contributed by atoms with Crippen LogP contribution >= 0.6 is 0 Å². The Morgan fingerprint density at radius 1 is 1.53 bits per heavy atom. The minimum Gasteiger partial charge on any atom is -0.0987 e.